The van der Waals surface area contributed by atoms with E-state index in [1.54, 1.807) is 39.0 Å². The van der Waals surface area contributed by atoms with Crippen LogP contribution in [-0.4, -0.2) is 61.1 Å². The molecule has 2 N–H and O–H groups in total. The number of benzene rings is 2. The SMILES string of the molecule is COc1cc2c(cc1Nc1ncc(Br)c(Nc3ccc4nccnc4c3P(C)(C)=O)n1)-c1cnn(C)c1CN(C(C)C)C2. The molecule has 6 rings (SSSR count). The third-order valence-electron chi connectivity index (χ3n) is 7.63. The van der Waals surface area contributed by atoms with E-state index < -0.39 is 7.14 Å². The maximum atomic E-state index is 13.4. The molecular formula is C30H33BrN9O2P. The van der Waals surface area contributed by atoms with Gasteiger partial charge in [-0.05, 0) is 78.5 Å². The summed E-state index contributed by atoms with van der Waals surface area (Å²) in [6.07, 6.45) is 6.83. The molecule has 0 aliphatic carbocycles. The largest absolute Gasteiger partial charge is 0.495 e. The van der Waals surface area contributed by atoms with Crippen molar-refractivity contribution < 1.29 is 9.30 Å². The van der Waals surface area contributed by atoms with Crippen molar-refractivity contribution in [2.24, 2.45) is 7.05 Å². The highest BCUT2D eigenvalue weighted by Gasteiger charge is 2.26. The van der Waals surface area contributed by atoms with Gasteiger partial charge in [0.25, 0.3) is 0 Å². The number of nitrogens with zero attached hydrogens (tertiary/aromatic N) is 7. The second-order valence-corrected chi connectivity index (χ2v) is 15.2. The number of anilines is 4. The first-order valence-corrected chi connectivity index (χ1v) is 17.2. The number of rotatable bonds is 7. The van der Waals surface area contributed by atoms with Gasteiger partial charge in [-0.15, -0.1) is 0 Å². The molecule has 0 amide bonds. The van der Waals surface area contributed by atoms with Crippen LogP contribution in [0, 0.1) is 0 Å². The molecule has 1 aliphatic heterocycles. The predicted molar refractivity (Wildman–Crippen MR) is 175 cm³/mol. The molecular weight excluding hydrogens is 629 g/mol. The van der Waals surface area contributed by atoms with Crippen molar-refractivity contribution in [3.05, 3.63) is 64.8 Å². The van der Waals surface area contributed by atoms with Crippen molar-refractivity contribution in [3.63, 3.8) is 0 Å². The minimum Gasteiger partial charge on any atom is -0.495 e. The van der Waals surface area contributed by atoms with E-state index in [9.17, 15) is 4.57 Å². The summed E-state index contributed by atoms with van der Waals surface area (Å²) < 4.78 is 21.8. The first kappa shape index (κ1) is 29.2. The fourth-order valence-electron chi connectivity index (χ4n) is 5.41. The van der Waals surface area contributed by atoms with Gasteiger partial charge >= 0.3 is 0 Å². The fraction of sp³-hybridized carbons (Fsp3) is 0.300. The van der Waals surface area contributed by atoms with Gasteiger partial charge in [0.15, 0.2) is 0 Å². The average molecular weight is 663 g/mol. The second kappa shape index (κ2) is 11.3. The van der Waals surface area contributed by atoms with Crippen LogP contribution in [0.15, 0.2) is 53.5 Å². The molecule has 0 unspecified atom stereocenters. The quantitative estimate of drug-likeness (QED) is 0.199. The number of ether oxygens (including phenoxy) is 1. The number of hydrogen-bond acceptors (Lipinski definition) is 10. The Kier molecular flexibility index (Phi) is 7.70. The average Bonchev–Trinajstić information content (AvgIpc) is 3.24. The number of hydrogen-bond donors (Lipinski definition) is 2. The van der Waals surface area contributed by atoms with Gasteiger partial charge in [-0.25, -0.2) is 4.98 Å². The normalized spacial score (nSPS) is 13.5. The van der Waals surface area contributed by atoms with E-state index in [-0.39, 0.29) is 0 Å². The van der Waals surface area contributed by atoms with Crippen LogP contribution in [-0.2, 0) is 24.7 Å². The summed E-state index contributed by atoms with van der Waals surface area (Å²) in [6, 6.07) is 8.24. The molecule has 1 aliphatic rings. The molecule has 3 aromatic heterocycles. The monoisotopic (exact) mass is 661 g/mol. The second-order valence-electron chi connectivity index (χ2n) is 11.2. The van der Waals surface area contributed by atoms with Gasteiger partial charge in [0, 0.05) is 50.3 Å². The van der Waals surface area contributed by atoms with E-state index in [4.69, 9.17) is 9.72 Å². The van der Waals surface area contributed by atoms with Crippen molar-refractivity contribution in [2.45, 2.75) is 33.0 Å². The van der Waals surface area contributed by atoms with Gasteiger partial charge in [-0.3, -0.25) is 19.5 Å². The van der Waals surface area contributed by atoms with Crippen LogP contribution in [0.5, 0.6) is 5.75 Å². The van der Waals surface area contributed by atoms with Gasteiger partial charge in [0.1, 0.15) is 24.2 Å². The summed E-state index contributed by atoms with van der Waals surface area (Å²) in [7, 11) is 0.897. The Morgan fingerprint density at radius 3 is 2.53 bits per heavy atom. The summed E-state index contributed by atoms with van der Waals surface area (Å²) in [4.78, 5) is 20.6. The van der Waals surface area contributed by atoms with Gasteiger partial charge in [0.2, 0.25) is 5.95 Å². The molecule has 43 heavy (non-hydrogen) atoms. The number of fused-ring (bicyclic) bond motifs is 4. The van der Waals surface area contributed by atoms with Crippen LogP contribution in [0.1, 0.15) is 25.1 Å². The van der Waals surface area contributed by atoms with Crippen LogP contribution in [0.25, 0.3) is 22.2 Å². The highest BCUT2D eigenvalue weighted by Crippen LogP contribution is 2.42. The summed E-state index contributed by atoms with van der Waals surface area (Å²) >= 11 is 3.57. The first-order chi connectivity index (χ1) is 20.5. The van der Waals surface area contributed by atoms with Gasteiger partial charge in [-0.2, -0.15) is 10.1 Å². The minimum atomic E-state index is -2.75. The Bertz CT molecular complexity index is 1900. The molecule has 0 radical (unpaired) electrons. The molecule has 0 saturated carbocycles. The molecule has 0 spiro atoms. The Morgan fingerprint density at radius 1 is 1.00 bits per heavy atom. The van der Waals surface area contributed by atoms with Crippen LogP contribution in [0.3, 0.4) is 0 Å². The Labute approximate surface area is 258 Å². The first-order valence-electron chi connectivity index (χ1n) is 13.9. The Hall–Kier alpha value is -3.86. The van der Waals surface area contributed by atoms with Crippen molar-refractivity contribution in [1.82, 2.24) is 34.6 Å². The fourth-order valence-corrected chi connectivity index (χ4v) is 7.09. The van der Waals surface area contributed by atoms with Crippen LogP contribution in [0.4, 0.5) is 23.1 Å². The summed E-state index contributed by atoms with van der Waals surface area (Å²) in [5, 5.41) is 11.9. The van der Waals surface area contributed by atoms with Crippen LogP contribution in [0.2, 0.25) is 0 Å². The third-order valence-corrected chi connectivity index (χ3v) is 9.74. The van der Waals surface area contributed by atoms with Gasteiger partial charge < -0.3 is 19.9 Å². The Balaban J connectivity index is 1.39. The standard InChI is InChI=1S/C30H33BrN9O2P/c1-17(2)40-15-18-11-26(42-4)24(12-19(18)20-13-35-39(3)25(20)16-40)37-30-34-14-21(31)29(38-30)36-23-8-7-22-27(33-10-9-32-22)28(23)43(5,6)41/h7-14,17H,15-16H2,1-6H3,(H2,34,36,37,38). The lowest BCUT2D eigenvalue weighted by Gasteiger charge is -2.25. The molecule has 0 fully saturated rings. The van der Waals surface area contributed by atoms with E-state index in [0.717, 1.165) is 41.2 Å². The number of aromatic nitrogens is 6. The van der Waals surface area contributed by atoms with Crippen molar-refractivity contribution >= 4 is 62.6 Å². The molecule has 4 heterocycles. The number of halogens is 1. The molecule has 11 nitrogen and oxygen atoms in total. The molecule has 5 aromatic rings. The van der Waals surface area contributed by atoms with Crippen LogP contribution < -0.4 is 20.7 Å². The zero-order chi connectivity index (χ0) is 30.5. The van der Waals surface area contributed by atoms with Gasteiger partial charge in [-0.1, -0.05) is 0 Å². The van der Waals surface area contributed by atoms with Crippen LogP contribution >= 0.6 is 23.1 Å². The third kappa shape index (κ3) is 5.62. The Morgan fingerprint density at radius 2 is 1.79 bits per heavy atom. The van der Waals surface area contributed by atoms with Gasteiger partial charge in [0.05, 0.1) is 45.7 Å². The zero-order valence-electron chi connectivity index (χ0n) is 24.9. The summed E-state index contributed by atoms with van der Waals surface area (Å²) in [5.41, 5.74) is 7.18. The molecule has 0 atom stereocenters. The number of methoxy groups -OCH3 is 1. The number of nitrogens with one attached hydrogen (secondary N) is 2. The van der Waals surface area contributed by atoms with E-state index in [0.29, 0.717) is 50.1 Å². The van der Waals surface area contributed by atoms with E-state index in [2.05, 4.69) is 77.5 Å². The molecule has 0 saturated heterocycles. The summed E-state index contributed by atoms with van der Waals surface area (Å²) in [6.45, 7) is 9.46. The lowest BCUT2D eigenvalue weighted by molar-refractivity contribution is 0.200. The minimum absolute atomic E-state index is 0.365. The highest BCUT2D eigenvalue weighted by molar-refractivity contribution is 9.10. The van der Waals surface area contributed by atoms with Crippen molar-refractivity contribution in [2.75, 3.05) is 31.1 Å². The van der Waals surface area contributed by atoms with E-state index in [1.165, 1.54) is 0 Å². The smallest absolute Gasteiger partial charge is 0.229 e. The van der Waals surface area contributed by atoms with Crippen molar-refractivity contribution in [3.8, 4) is 16.9 Å². The lowest BCUT2D eigenvalue weighted by Crippen LogP contribution is -2.29. The molecule has 222 valence electrons. The predicted octanol–water partition coefficient (Wildman–Crippen LogP) is 6.05. The van der Waals surface area contributed by atoms with E-state index >= 15 is 0 Å². The number of aryl methyl sites for hydroxylation is 1. The lowest BCUT2D eigenvalue weighted by atomic mass is 9.99. The zero-order valence-corrected chi connectivity index (χ0v) is 27.4. The molecule has 13 heteroatoms. The summed E-state index contributed by atoms with van der Waals surface area (Å²) in [5.74, 6) is 1.56. The molecule has 2 aromatic carbocycles. The maximum absolute atomic E-state index is 13.4. The molecule has 0 bridgehead atoms. The topological polar surface area (TPSA) is 123 Å². The highest BCUT2D eigenvalue weighted by atomic mass is 79.9. The van der Waals surface area contributed by atoms with Crippen molar-refractivity contribution in [1.29, 1.82) is 0 Å². The van der Waals surface area contributed by atoms with E-state index in [1.807, 2.05) is 30.1 Å². The maximum Gasteiger partial charge on any atom is 0.229 e.